The molecule has 1 fully saturated rings. The molecule has 26 heavy (non-hydrogen) atoms. The van der Waals surface area contributed by atoms with E-state index in [1.807, 2.05) is 18.2 Å². The number of hydrogen-bond acceptors (Lipinski definition) is 5. The lowest BCUT2D eigenvalue weighted by Crippen LogP contribution is -2.32. The molecule has 1 aromatic carbocycles. The van der Waals surface area contributed by atoms with Crippen LogP contribution in [-0.4, -0.2) is 28.3 Å². The van der Waals surface area contributed by atoms with Gasteiger partial charge in [-0.2, -0.15) is 4.39 Å². The monoisotopic (exact) mass is 356 g/mol. The van der Waals surface area contributed by atoms with Crippen LogP contribution in [0.2, 0.25) is 0 Å². The number of halogens is 1. The molecule has 1 aliphatic rings. The van der Waals surface area contributed by atoms with Crippen LogP contribution < -0.4 is 11.1 Å². The number of nitrogens with zero attached hydrogens (tertiary/aromatic N) is 2. The van der Waals surface area contributed by atoms with E-state index in [0.717, 1.165) is 29.7 Å². The van der Waals surface area contributed by atoms with Gasteiger partial charge in [0.1, 0.15) is 5.78 Å². The van der Waals surface area contributed by atoms with Crippen LogP contribution in [0.15, 0.2) is 35.5 Å². The van der Waals surface area contributed by atoms with Crippen molar-refractivity contribution in [1.82, 2.24) is 10.3 Å². The van der Waals surface area contributed by atoms with Crippen LogP contribution in [0.3, 0.4) is 0 Å². The Hall–Kier alpha value is -2.80. The fourth-order valence-electron chi connectivity index (χ4n) is 3.11. The smallest absolute Gasteiger partial charge is 0.255 e. The van der Waals surface area contributed by atoms with Crippen molar-refractivity contribution in [3.05, 3.63) is 42.0 Å². The number of aromatic hydroxyl groups is 1. The van der Waals surface area contributed by atoms with Crippen molar-refractivity contribution in [2.75, 3.05) is 0 Å². The molecule has 7 heteroatoms. The summed E-state index contributed by atoms with van der Waals surface area (Å²) in [6.07, 6.45) is 5.52. The Morgan fingerprint density at radius 1 is 1.31 bits per heavy atom. The minimum absolute atomic E-state index is 0.294. The number of aliphatic imine (C=N–C) groups is 1. The summed E-state index contributed by atoms with van der Waals surface area (Å²) in [4.78, 5) is 19.1. The molecule has 1 aromatic heterocycles. The highest BCUT2D eigenvalue weighted by atomic mass is 19.1. The predicted octanol–water partition coefficient (Wildman–Crippen LogP) is 2.81. The van der Waals surface area contributed by atoms with Crippen LogP contribution in [0.5, 0.6) is 5.75 Å². The number of Topliss-reactive ketones (excluding diaryl/α,β-unsaturated/α-hetero) is 1. The van der Waals surface area contributed by atoms with Gasteiger partial charge < -0.3 is 16.2 Å². The molecular formula is C19H21FN4O2. The lowest BCUT2D eigenvalue weighted by atomic mass is 9.94. The maximum atomic E-state index is 13.2. The minimum Gasteiger partial charge on any atom is -0.504 e. The van der Waals surface area contributed by atoms with Crippen LogP contribution in [0.1, 0.15) is 31.2 Å². The summed E-state index contributed by atoms with van der Waals surface area (Å²) < 4.78 is 13.2. The largest absolute Gasteiger partial charge is 0.504 e. The zero-order chi connectivity index (χ0) is 18.5. The summed E-state index contributed by atoms with van der Waals surface area (Å²) >= 11 is 0. The molecule has 0 radical (unpaired) electrons. The first kappa shape index (κ1) is 18.0. The second-order valence-corrected chi connectivity index (χ2v) is 6.35. The fourth-order valence-corrected chi connectivity index (χ4v) is 3.11. The predicted molar refractivity (Wildman–Crippen MR) is 97.7 cm³/mol. The molecule has 1 heterocycles. The molecule has 2 aromatic rings. The van der Waals surface area contributed by atoms with Crippen molar-refractivity contribution in [1.29, 1.82) is 0 Å². The number of nitrogens with two attached hydrogens (primary N) is 1. The average molecular weight is 356 g/mol. The third kappa shape index (κ3) is 4.23. The number of aromatic nitrogens is 1. The van der Waals surface area contributed by atoms with Gasteiger partial charge in [0.2, 0.25) is 0 Å². The zero-order valence-electron chi connectivity index (χ0n) is 14.3. The van der Waals surface area contributed by atoms with Gasteiger partial charge in [-0.25, -0.2) is 9.98 Å². The summed E-state index contributed by atoms with van der Waals surface area (Å²) in [6.45, 7) is 0.569. The third-order valence-corrected chi connectivity index (χ3v) is 4.57. The first-order valence-corrected chi connectivity index (χ1v) is 8.54. The Morgan fingerprint density at radius 3 is 2.77 bits per heavy atom. The van der Waals surface area contributed by atoms with Crippen molar-refractivity contribution in [2.24, 2.45) is 10.7 Å². The topological polar surface area (TPSA) is 101 Å². The molecule has 0 aliphatic heterocycles. The highest BCUT2D eigenvalue weighted by Crippen LogP contribution is 2.29. The Kier molecular flexibility index (Phi) is 5.58. The quantitative estimate of drug-likeness (QED) is 0.434. The van der Waals surface area contributed by atoms with E-state index in [-0.39, 0.29) is 0 Å². The highest BCUT2D eigenvalue weighted by molar-refractivity contribution is 5.79. The number of carbonyl (C=O) groups excluding carboxylic acids is 1. The van der Waals surface area contributed by atoms with Crippen LogP contribution in [0.4, 0.5) is 10.1 Å². The molecule has 1 aliphatic carbocycles. The van der Waals surface area contributed by atoms with Gasteiger partial charge in [-0.1, -0.05) is 6.07 Å². The van der Waals surface area contributed by atoms with Crippen LogP contribution in [0.25, 0.3) is 11.1 Å². The second kappa shape index (κ2) is 8.05. The maximum Gasteiger partial charge on any atom is 0.255 e. The summed E-state index contributed by atoms with van der Waals surface area (Å²) in [5, 5.41) is 13.0. The number of ketones is 1. The van der Waals surface area contributed by atoms with Crippen molar-refractivity contribution in [3.63, 3.8) is 0 Å². The van der Waals surface area contributed by atoms with Crippen molar-refractivity contribution in [2.45, 2.75) is 38.3 Å². The van der Waals surface area contributed by atoms with E-state index in [4.69, 9.17) is 5.73 Å². The van der Waals surface area contributed by atoms with E-state index in [0.29, 0.717) is 36.8 Å². The van der Waals surface area contributed by atoms with Gasteiger partial charge >= 0.3 is 0 Å². The zero-order valence-corrected chi connectivity index (χ0v) is 14.3. The van der Waals surface area contributed by atoms with E-state index < -0.39 is 11.7 Å². The molecule has 0 unspecified atom stereocenters. The normalized spacial score (nSPS) is 15.7. The van der Waals surface area contributed by atoms with Gasteiger partial charge in [0.25, 0.3) is 5.95 Å². The number of pyridine rings is 1. The summed E-state index contributed by atoms with van der Waals surface area (Å²) in [5.41, 5.74) is 8.49. The van der Waals surface area contributed by atoms with E-state index >= 15 is 0 Å². The molecule has 1 saturated carbocycles. The number of nitrogens with one attached hydrogen (secondary N) is 1. The van der Waals surface area contributed by atoms with E-state index in [1.54, 1.807) is 0 Å². The minimum atomic E-state index is -0.896. The van der Waals surface area contributed by atoms with E-state index in [1.165, 1.54) is 18.6 Å². The lowest BCUT2D eigenvalue weighted by Gasteiger charge is -2.22. The standard InChI is InChI=1S/C19H21FN4O2/c20-19-18(26)8-13(9-23-19)12-1-6-17(24-11-21)14(7-12)10-22-15-2-4-16(25)5-3-15/h1,6-9,11,15,22,26H,2-5,10H2,(H2,21,24). The van der Waals surface area contributed by atoms with Crippen molar-refractivity contribution in [3.8, 4) is 16.9 Å². The number of carbonyl (C=O) groups is 1. The van der Waals surface area contributed by atoms with Crippen LogP contribution in [-0.2, 0) is 11.3 Å². The summed E-state index contributed by atoms with van der Waals surface area (Å²) in [5.74, 6) is -1.06. The highest BCUT2D eigenvalue weighted by Gasteiger charge is 2.18. The van der Waals surface area contributed by atoms with Gasteiger partial charge in [0.15, 0.2) is 5.75 Å². The third-order valence-electron chi connectivity index (χ3n) is 4.57. The van der Waals surface area contributed by atoms with Crippen LogP contribution in [0, 0.1) is 5.95 Å². The first-order chi connectivity index (χ1) is 12.6. The second-order valence-electron chi connectivity index (χ2n) is 6.35. The number of hydrogen-bond donors (Lipinski definition) is 3. The van der Waals surface area contributed by atoms with Crippen molar-refractivity contribution < 1.29 is 14.3 Å². The van der Waals surface area contributed by atoms with Crippen LogP contribution >= 0.6 is 0 Å². The number of rotatable bonds is 5. The van der Waals surface area contributed by atoms with Gasteiger partial charge in [0.05, 0.1) is 12.0 Å². The Bertz CT molecular complexity index is 828. The Labute approximate surface area is 151 Å². The average Bonchev–Trinajstić information content (AvgIpc) is 2.65. The van der Waals surface area contributed by atoms with Gasteiger partial charge in [-0.15, -0.1) is 0 Å². The molecule has 0 spiro atoms. The molecule has 4 N–H and O–H groups in total. The number of benzene rings is 1. The first-order valence-electron chi connectivity index (χ1n) is 8.54. The Morgan fingerprint density at radius 2 is 2.08 bits per heavy atom. The molecule has 3 rings (SSSR count). The molecule has 136 valence electrons. The molecule has 0 amide bonds. The summed E-state index contributed by atoms with van der Waals surface area (Å²) in [7, 11) is 0. The lowest BCUT2D eigenvalue weighted by molar-refractivity contribution is -0.120. The van der Waals surface area contributed by atoms with Gasteiger partial charge in [0, 0.05) is 37.2 Å². The molecule has 0 saturated heterocycles. The SMILES string of the molecule is NC=Nc1ccc(-c2cnc(F)c(O)c2)cc1CNC1CCC(=O)CC1. The molecule has 6 nitrogen and oxygen atoms in total. The fraction of sp³-hybridized carbons (Fsp3) is 0.316. The van der Waals surface area contributed by atoms with Crippen molar-refractivity contribution >= 4 is 17.8 Å². The maximum absolute atomic E-state index is 13.2. The Balaban J connectivity index is 1.81. The van der Waals surface area contributed by atoms with E-state index in [9.17, 15) is 14.3 Å². The van der Waals surface area contributed by atoms with E-state index in [2.05, 4.69) is 15.3 Å². The van der Waals surface area contributed by atoms with Gasteiger partial charge in [-0.05, 0) is 42.2 Å². The van der Waals surface area contributed by atoms with Gasteiger partial charge in [-0.3, -0.25) is 4.79 Å². The molecule has 0 atom stereocenters. The molecule has 0 bridgehead atoms. The molecular weight excluding hydrogens is 335 g/mol. The summed E-state index contributed by atoms with van der Waals surface area (Å²) in [6, 6.07) is 7.19.